The summed E-state index contributed by atoms with van der Waals surface area (Å²) in [7, 11) is 0. The van der Waals surface area contributed by atoms with Gasteiger partial charge in [-0.15, -0.1) is 11.3 Å². The van der Waals surface area contributed by atoms with Crippen molar-refractivity contribution in [2.24, 2.45) is 0 Å². The van der Waals surface area contributed by atoms with Crippen LogP contribution in [0.1, 0.15) is 30.7 Å². The number of benzene rings is 1. The average molecular weight is 509 g/mol. The highest BCUT2D eigenvalue weighted by molar-refractivity contribution is 7.10. The first-order valence-corrected chi connectivity index (χ1v) is 12.1. The van der Waals surface area contributed by atoms with E-state index in [4.69, 9.17) is 37.4 Å². The standard InChI is InChI=1S/C22H22Cl2N4O4S/c1-2-31-20(29)11-25-22(30)28-7-5-13(6-8-28)21-26-18(12-33-21)19-10-17(27-32-19)14-3-4-15(23)16(24)9-14/h3-4,9-10,12-13H,2,5-8,11H2,1H3,(H,25,30). The third kappa shape index (κ3) is 5.66. The number of urea groups is 1. The van der Waals surface area contributed by atoms with Crippen molar-refractivity contribution in [2.75, 3.05) is 26.2 Å². The van der Waals surface area contributed by atoms with Crippen molar-refractivity contribution in [3.63, 3.8) is 0 Å². The van der Waals surface area contributed by atoms with Gasteiger partial charge in [-0.1, -0.05) is 34.4 Å². The number of carbonyl (C=O) groups excluding carboxylic acids is 2. The topological polar surface area (TPSA) is 97.6 Å². The van der Waals surface area contributed by atoms with Crippen molar-refractivity contribution < 1.29 is 18.8 Å². The minimum Gasteiger partial charge on any atom is -0.465 e. The van der Waals surface area contributed by atoms with Gasteiger partial charge >= 0.3 is 12.0 Å². The number of hydrogen-bond donors (Lipinski definition) is 1. The van der Waals surface area contributed by atoms with Crippen LogP contribution in [0.2, 0.25) is 10.0 Å². The zero-order chi connectivity index (χ0) is 23.4. The lowest BCUT2D eigenvalue weighted by Gasteiger charge is -2.31. The molecule has 0 bridgehead atoms. The summed E-state index contributed by atoms with van der Waals surface area (Å²) in [4.78, 5) is 30.1. The Balaban J connectivity index is 1.34. The Hall–Kier alpha value is -2.62. The molecule has 4 rings (SSSR count). The van der Waals surface area contributed by atoms with E-state index in [0.717, 1.165) is 29.1 Å². The van der Waals surface area contributed by atoms with Crippen LogP contribution in [0.5, 0.6) is 0 Å². The molecule has 2 amide bonds. The zero-order valence-corrected chi connectivity index (χ0v) is 20.2. The average Bonchev–Trinajstić information content (AvgIpc) is 3.50. The molecule has 0 unspecified atom stereocenters. The molecule has 0 radical (unpaired) electrons. The number of thiazole rings is 1. The number of piperidine rings is 1. The quantitative estimate of drug-likeness (QED) is 0.458. The lowest BCUT2D eigenvalue weighted by Crippen LogP contribution is -2.45. The van der Waals surface area contributed by atoms with E-state index in [1.54, 1.807) is 35.3 Å². The maximum atomic E-state index is 12.3. The molecule has 1 aliphatic heterocycles. The molecule has 2 aromatic heterocycles. The van der Waals surface area contributed by atoms with E-state index in [0.29, 0.717) is 41.2 Å². The van der Waals surface area contributed by atoms with E-state index < -0.39 is 5.97 Å². The van der Waals surface area contributed by atoms with E-state index in [9.17, 15) is 9.59 Å². The summed E-state index contributed by atoms with van der Waals surface area (Å²) in [5.74, 6) is 0.399. The summed E-state index contributed by atoms with van der Waals surface area (Å²) < 4.78 is 10.3. The number of carbonyl (C=O) groups is 2. The largest absolute Gasteiger partial charge is 0.465 e. The number of esters is 1. The SMILES string of the molecule is CCOC(=O)CNC(=O)N1CCC(c2nc(-c3cc(-c4ccc(Cl)c(Cl)c4)no3)cs2)CC1. The van der Waals surface area contributed by atoms with Gasteiger partial charge in [-0.3, -0.25) is 4.79 Å². The molecule has 1 saturated heterocycles. The van der Waals surface area contributed by atoms with Crippen molar-refractivity contribution in [3.8, 4) is 22.7 Å². The van der Waals surface area contributed by atoms with E-state index in [1.807, 2.05) is 17.5 Å². The minimum atomic E-state index is -0.439. The number of amides is 2. The third-order valence-corrected chi connectivity index (χ3v) is 7.07. The van der Waals surface area contributed by atoms with Gasteiger partial charge < -0.3 is 19.5 Å². The first kappa shape index (κ1) is 23.5. The van der Waals surface area contributed by atoms with Crippen LogP contribution in [0.3, 0.4) is 0 Å². The van der Waals surface area contributed by atoms with Crippen LogP contribution in [-0.2, 0) is 9.53 Å². The molecule has 0 aliphatic carbocycles. The van der Waals surface area contributed by atoms with Crippen molar-refractivity contribution in [1.29, 1.82) is 0 Å². The van der Waals surface area contributed by atoms with E-state index in [2.05, 4.69) is 10.5 Å². The highest BCUT2D eigenvalue weighted by Crippen LogP contribution is 2.34. The summed E-state index contributed by atoms with van der Waals surface area (Å²) in [5.41, 5.74) is 2.19. The number of hydrogen-bond acceptors (Lipinski definition) is 7. The maximum absolute atomic E-state index is 12.3. The number of halogens is 2. The van der Waals surface area contributed by atoms with Crippen LogP contribution in [0, 0.1) is 0 Å². The van der Waals surface area contributed by atoms with E-state index in [1.165, 1.54) is 0 Å². The van der Waals surface area contributed by atoms with E-state index in [-0.39, 0.29) is 18.5 Å². The van der Waals surface area contributed by atoms with Crippen molar-refractivity contribution >= 4 is 46.5 Å². The molecule has 8 nitrogen and oxygen atoms in total. The first-order valence-electron chi connectivity index (χ1n) is 10.5. The minimum absolute atomic E-state index is 0.121. The molecule has 33 heavy (non-hydrogen) atoms. The second-order valence-corrected chi connectivity index (χ2v) is 9.21. The van der Waals surface area contributed by atoms with Gasteiger partial charge in [0.25, 0.3) is 0 Å². The van der Waals surface area contributed by atoms with Gasteiger partial charge in [0.05, 0.1) is 21.7 Å². The number of rotatable bonds is 6. The Morgan fingerprint density at radius 2 is 2.00 bits per heavy atom. The Labute approximate surface area is 204 Å². The molecular weight excluding hydrogens is 487 g/mol. The zero-order valence-electron chi connectivity index (χ0n) is 17.8. The highest BCUT2D eigenvalue weighted by Gasteiger charge is 2.26. The molecule has 11 heteroatoms. The van der Waals surface area contributed by atoms with Crippen LogP contribution in [0.4, 0.5) is 4.79 Å². The lowest BCUT2D eigenvalue weighted by molar-refractivity contribution is -0.141. The summed E-state index contributed by atoms with van der Waals surface area (Å²) >= 11 is 13.7. The summed E-state index contributed by atoms with van der Waals surface area (Å²) in [6, 6.07) is 6.87. The normalized spacial score (nSPS) is 14.3. The predicted molar refractivity (Wildman–Crippen MR) is 127 cm³/mol. The Bertz CT molecular complexity index is 1140. The number of nitrogens with zero attached hydrogens (tertiary/aromatic N) is 3. The van der Waals surface area contributed by atoms with Crippen molar-refractivity contribution in [3.05, 3.63) is 44.7 Å². The lowest BCUT2D eigenvalue weighted by atomic mass is 9.98. The molecule has 1 N–H and O–H groups in total. The fourth-order valence-corrected chi connectivity index (χ4v) is 4.86. The van der Waals surface area contributed by atoms with Gasteiger partial charge in [0, 0.05) is 36.0 Å². The molecule has 0 spiro atoms. The fourth-order valence-electron chi connectivity index (χ4n) is 3.58. The molecule has 1 aromatic carbocycles. The summed E-state index contributed by atoms with van der Waals surface area (Å²) in [6.45, 7) is 3.09. The van der Waals surface area contributed by atoms with Gasteiger partial charge in [-0.25, -0.2) is 9.78 Å². The third-order valence-electron chi connectivity index (χ3n) is 5.32. The molecule has 0 atom stereocenters. The second kappa shape index (κ2) is 10.5. The number of aromatic nitrogens is 2. The molecule has 1 fully saturated rings. The molecule has 1 aliphatic rings. The maximum Gasteiger partial charge on any atom is 0.325 e. The highest BCUT2D eigenvalue weighted by atomic mass is 35.5. The Morgan fingerprint density at radius 1 is 1.21 bits per heavy atom. The Morgan fingerprint density at radius 3 is 2.73 bits per heavy atom. The van der Waals surface area contributed by atoms with Gasteiger partial charge in [0.15, 0.2) is 5.76 Å². The predicted octanol–water partition coefficient (Wildman–Crippen LogP) is 5.22. The Kier molecular flexibility index (Phi) is 7.52. The van der Waals surface area contributed by atoms with Crippen molar-refractivity contribution in [1.82, 2.24) is 20.4 Å². The second-order valence-electron chi connectivity index (χ2n) is 7.50. The van der Waals surface area contributed by atoms with Crippen LogP contribution in [-0.4, -0.2) is 53.3 Å². The molecule has 3 heterocycles. The van der Waals surface area contributed by atoms with Gasteiger partial charge in [0.1, 0.15) is 17.9 Å². The van der Waals surface area contributed by atoms with E-state index >= 15 is 0 Å². The number of nitrogens with one attached hydrogen (secondary N) is 1. The monoisotopic (exact) mass is 508 g/mol. The first-order chi connectivity index (χ1) is 15.9. The van der Waals surface area contributed by atoms with Crippen LogP contribution < -0.4 is 5.32 Å². The fraction of sp³-hybridized carbons (Fsp3) is 0.364. The summed E-state index contributed by atoms with van der Waals surface area (Å²) in [6.07, 6.45) is 1.59. The molecule has 174 valence electrons. The van der Waals surface area contributed by atoms with Crippen molar-refractivity contribution in [2.45, 2.75) is 25.7 Å². The smallest absolute Gasteiger partial charge is 0.325 e. The van der Waals surface area contributed by atoms with Crippen LogP contribution >= 0.6 is 34.5 Å². The number of ether oxygens (including phenoxy) is 1. The van der Waals surface area contributed by atoms with Gasteiger partial charge in [-0.05, 0) is 31.9 Å². The molecule has 0 saturated carbocycles. The molecule has 3 aromatic rings. The van der Waals surface area contributed by atoms with Crippen LogP contribution in [0.15, 0.2) is 34.2 Å². The number of likely N-dealkylation sites (tertiary alicyclic amines) is 1. The molecular formula is C22H22Cl2N4O4S. The van der Waals surface area contributed by atoms with Crippen LogP contribution in [0.25, 0.3) is 22.7 Å². The summed E-state index contributed by atoms with van der Waals surface area (Å²) in [5, 5.41) is 10.6. The van der Waals surface area contributed by atoms with Gasteiger partial charge in [-0.2, -0.15) is 0 Å². The van der Waals surface area contributed by atoms with Gasteiger partial charge in [0.2, 0.25) is 0 Å².